The van der Waals surface area contributed by atoms with Crippen LogP contribution in [0.5, 0.6) is 0 Å². The lowest BCUT2D eigenvalue weighted by atomic mass is 10.1. The van der Waals surface area contributed by atoms with E-state index < -0.39 is 18.5 Å². The maximum atomic E-state index is 11.7. The average Bonchev–Trinajstić information content (AvgIpc) is 2.93. The summed E-state index contributed by atoms with van der Waals surface area (Å²) in [4.78, 5) is 36.3. The first-order chi connectivity index (χ1) is 12.4. The topological polar surface area (TPSA) is 75.7 Å². The van der Waals surface area contributed by atoms with Crippen molar-refractivity contribution in [2.45, 2.75) is 6.92 Å². The van der Waals surface area contributed by atoms with Crippen molar-refractivity contribution in [1.29, 1.82) is 0 Å². The zero-order chi connectivity index (χ0) is 19.1. The lowest BCUT2D eigenvalue weighted by Crippen LogP contribution is -2.38. The number of aryl methyl sites for hydroxylation is 1. The molecule has 1 aliphatic rings. The number of esters is 1. The fourth-order valence-electron chi connectivity index (χ4n) is 2.02. The molecular formula is C17H17ClN2O4S2. The van der Waals surface area contributed by atoms with E-state index in [0.717, 1.165) is 11.1 Å². The number of benzene rings is 1. The minimum absolute atomic E-state index is 0.0676. The van der Waals surface area contributed by atoms with Gasteiger partial charge >= 0.3 is 5.97 Å². The first-order valence-corrected chi connectivity index (χ1v) is 9.49. The van der Waals surface area contributed by atoms with Gasteiger partial charge in [0.05, 0.1) is 5.75 Å². The average molecular weight is 413 g/mol. The summed E-state index contributed by atoms with van der Waals surface area (Å²) in [5, 5.41) is 3.18. The number of nitrogens with one attached hydrogen (secondary N) is 1. The second kappa shape index (κ2) is 9.70. The maximum absolute atomic E-state index is 11.7. The lowest BCUT2D eigenvalue weighted by molar-refractivity contribution is -0.143. The first kappa shape index (κ1) is 20.4. The van der Waals surface area contributed by atoms with E-state index in [1.54, 1.807) is 12.1 Å². The van der Waals surface area contributed by atoms with Crippen LogP contribution in [0, 0.1) is 6.92 Å². The van der Waals surface area contributed by atoms with Crippen molar-refractivity contribution in [2.24, 2.45) is 0 Å². The van der Waals surface area contributed by atoms with Crippen LogP contribution in [0.4, 0.5) is 0 Å². The van der Waals surface area contributed by atoms with Crippen molar-refractivity contribution < 1.29 is 19.1 Å². The van der Waals surface area contributed by atoms with Crippen molar-refractivity contribution in [3.05, 3.63) is 40.4 Å². The van der Waals surface area contributed by atoms with Crippen molar-refractivity contribution in [3.63, 3.8) is 0 Å². The van der Waals surface area contributed by atoms with Gasteiger partial charge in [-0.3, -0.25) is 14.5 Å². The molecule has 0 bridgehead atoms. The summed E-state index contributed by atoms with van der Waals surface area (Å²) in [5.74, 6) is -0.815. The summed E-state index contributed by atoms with van der Waals surface area (Å²) in [6.45, 7) is 2.03. The third-order valence-corrected chi connectivity index (χ3v) is 5.29. The molecule has 0 aliphatic carbocycles. The summed E-state index contributed by atoms with van der Waals surface area (Å²) in [6.07, 6.45) is 2.79. The standard InChI is InChI=1S/C17H17ClN2O4S2/c1-11-2-3-12(8-13(11)18)4-5-16(23)24-9-14(21)19-6-7-20-15(22)10-26-17(20)25/h2-5,8H,6-7,9-10H2,1H3,(H,19,21)/b5-4+. The molecule has 1 fully saturated rings. The van der Waals surface area contributed by atoms with Gasteiger partial charge in [0.25, 0.3) is 5.91 Å². The van der Waals surface area contributed by atoms with Gasteiger partial charge in [-0.15, -0.1) is 0 Å². The zero-order valence-electron chi connectivity index (χ0n) is 14.0. The van der Waals surface area contributed by atoms with E-state index in [9.17, 15) is 14.4 Å². The zero-order valence-corrected chi connectivity index (χ0v) is 16.4. The SMILES string of the molecule is Cc1ccc(/C=C/C(=O)OCC(=O)NCCN2C(=O)CSC2=S)cc1Cl. The molecule has 1 saturated heterocycles. The monoisotopic (exact) mass is 412 g/mol. The number of ether oxygens (including phenoxy) is 1. The normalized spacial score (nSPS) is 14.2. The van der Waals surface area contributed by atoms with Crippen molar-refractivity contribution in [3.8, 4) is 0 Å². The van der Waals surface area contributed by atoms with Gasteiger partial charge in [0.15, 0.2) is 6.61 Å². The molecule has 138 valence electrons. The van der Waals surface area contributed by atoms with E-state index in [0.29, 0.717) is 21.6 Å². The van der Waals surface area contributed by atoms with Crippen LogP contribution in [0.2, 0.25) is 5.02 Å². The van der Waals surface area contributed by atoms with Crippen LogP contribution in [-0.4, -0.2) is 52.5 Å². The Morgan fingerprint density at radius 2 is 2.23 bits per heavy atom. The summed E-state index contributed by atoms with van der Waals surface area (Å²) in [6, 6.07) is 5.39. The van der Waals surface area contributed by atoms with E-state index >= 15 is 0 Å². The smallest absolute Gasteiger partial charge is 0.331 e. The first-order valence-electron chi connectivity index (χ1n) is 7.71. The van der Waals surface area contributed by atoms with E-state index in [4.69, 9.17) is 28.6 Å². The van der Waals surface area contributed by atoms with Crippen LogP contribution in [0.15, 0.2) is 24.3 Å². The molecule has 2 rings (SSSR count). The Balaban J connectivity index is 1.68. The molecule has 2 amide bonds. The molecule has 26 heavy (non-hydrogen) atoms. The molecular weight excluding hydrogens is 396 g/mol. The maximum Gasteiger partial charge on any atom is 0.331 e. The van der Waals surface area contributed by atoms with Crippen LogP contribution in [0.25, 0.3) is 6.08 Å². The molecule has 1 aromatic carbocycles. The van der Waals surface area contributed by atoms with Crippen LogP contribution in [0.3, 0.4) is 0 Å². The highest BCUT2D eigenvalue weighted by Gasteiger charge is 2.25. The Hall–Kier alpha value is -1.90. The van der Waals surface area contributed by atoms with Crippen LogP contribution < -0.4 is 5.32 Å². The highest BCUT2D eigenvalue weighted by atomic mass is 35.5. The quantitative estimate of drug-likeness (QED) is 0.420. The fraction of sp³-hybridized carbons (Fsp3) is 0.294. The highest BCUT2D eigenvalue weighted by molar-refractivity contribution is 8.23. The molecule has 1 heterocycles. The number of hydrogen-bond donors (Lipinski definition) is 1. The van der Waals surface area contributed by atoms with E-state index in [1.807, 2.05) is 19.1 Å². The Morgan fingerprint density at radius 1 is 1.46 bits per heavy atom. The van der Waals surface area contributed by atoms with E-state index in [2.05, 4.69) is 5.32 Å². The Bertz CT molecular complexity index is 751. The van der Waals surface area contributed by atoms with Crippen molar-refractivity contribution in [2.75, 3.05) is 25.4 Å². The molecule has 9 heteroatoms. The van der Waals surface area contributed by atoms with Crippen LogP contribution >= 0.6 is 35.6 Å². The molecule has 0 saturated carbocycles. The van der Waals surface area contributed by atoms with Gasteiger partial charge in [-0.1, -0.05) is 47.7 Å². The van der Waals surface area contributed by atoms with E-state index in [1.165, 1.54) is 22.7 Å². The van der Waals surface area contributed by atoms with Crippen molar-refractivity contribution in [1.82, 2.24) is 10.2 Å². The Labute approximate surface area is 165 Å². The van der Waals surface area contributed by atoms with Gasteiger partial charge in [0, 0.05) is 24.2 Å². The van der Waals surface area contributed by atoms with Gasteiger partial charge in [0.2, 0.25) is 5.91 Å². The number of carbonyl (C=O) groups excluding carboxylic acids is 3. The summed E-state index contributed by atoms with van der Waals surface area (Å²) in [7, 11) is 0. The third kappa shape index (κ3) is 6.12. The van der Waals surface area contributed by atoms with Crippen molar-refractivity contribution >= 4 is 63.8 Å². The molecule has 0 unspecified atom stereocenters. The number of nitrogens with zero attached hydrogens (tertiary/aromatic N) is 1. The van der Waals surface area contributed by atoms with Gasteiger partial charge in [0.1, 0.15) is 4.32 Å². The number of thioether (sulfide) groups is 1. The molecule has 0 spiro atoms. The number of carbonyl (C=O) groups is 3. The molecule has 1 aromatic rings. The fourth-order valence-corrected chi connectivity index (χ4v) is 3.33. The second-order valence-electron chi connectivity index (χ2n) is 5.40. The number of rotatable bonds is 7. The predicted molar refractivity (Wildman–Crippen MR) is 106 cm³/mol. The van der Waals surface area contributed by atoms with Gasteiger partial charge in [-0.25, -0.2) is 4.79 Å². The van der Waals surface area contributed by atoms with Gasteiger partial charge in [-0.2, -0.15) is 0 Å². The Morgan fingerprint density at radius 3 is 2.88 bits per heavy atom. The number of hydrogen-bond acceptors (Lipinski definition) is 6. The summed E-state index contributed by atoms with van der Waals surface area (Å²) < 4.78 is 5.37. The third-order valence-electron chi connectivity index (χ3n) is 3.45. The molecule has 0 atom stereocenters. The largest absolute Gasteiger partial charge is 0.452 e. The molecule has 0 aromatic heterocycles. The van der Waals surface area contributed by atoms with E-state index in [-0.39, 0.29) is 12.5 Å². The minimum atomic E-state index is -0.635. The van der Waals surface area contributed by atoms with Crippen LogP contribution in [-0.2, 0) is 19.1 Å². The summed E-state index contributed by atoms with van der Waals surface area (Å²) in [5.41, 5.74) is 1.70. The van der Waals surface area contributed by atoms with Gasteiger partial charge in [-0.05, 0) is 30.2 Å². The molecule has 6 nitrogen and oxygen atoms in total. The molecule has 1 aliphatic heterocycles. The van der Waals surface area contributed by atoms with Crippen LogP contribution in [0.1, 0.15) is 11.1 Å². The number of halogens is 1. The Kier molecular flexibility index (Phi) is 7.62. The predicted octanol–water partition coefficient (Wildman–Crippen LogP) is 2.18. The summed E-state index contributed by atoms with van der Waals surface area (Å²) >= 11 is 12.3. The second-order valence-corrected chi connectivity index (χ2v) is 7.42. The molecule has 0 radical (unpaired) electrons. The number of amides is 2. The van der Waals surface area contributed by atoms with Gasteiger partial charge < -0.3 is 10.1 Å². The highest BCUT2D eigenvalue weighted by Crippen LogP contribution is 2.18. The lowest BCUT2D eigenvalue weighted by Gasteiger charge is -2.14. The minimum Gasteiger partial charge on any atom is -0.452 e. The number of thiocarbonyl (C=S) groups is 1. The molecule has 1 N–H and O–H groups in total.